The summed E-state index contributed by atoms with van der Waals surface area (Å²) in [5.74, 6) is 6.38. The molecule has 0 spiro atoms. The van der Waals surface area contributed by atoms with E-state index in [1.54, 1.807) is 30.6 Å². The number of ether oxygens (including phenoxy) is 1. The highest BCUT2D eigenvalue weighted by Crippen LogP contribution is 2.13. The van der Waals surface area contributed by atoms with Gasteiger partial charge in [0.25, 0.3) is 0 Å². The predicted octanol–water partition coefficient (Wildman–Crippen LogP) is 2.27. The number of nitriles is 1. The highest BCUT2D eigenvalue weighted by atomic mass is 16.5. The molecule has 0 aliphatic rings. The van der Waals surface area contributed by atoms with Crippen LogP contribution in [0.5, 0.6) is 5.75 Å². The maximum Gasteiger partial charge on any atom is 0.139 e. The lowest BCUT2D eigenvalue weighted by atomic mass is 10.2. The van der Waals surface area contributed by atoms with Crippen molar-refractivity contribution in [2.24, 2.45) is 0 Å². The fraction of sp³-hybridized carbons (Fsp3) is 0.176. The summed E-state index contributed by atoms with van der Waals surface area (Å²) in [6.07, 6.45) is 3.72. The average molecular weight is 278 g/mol. The third kappa shape index (κ3) is 4.65. The monoisotopic (exact) mass is 278 g/mol. The average Bonchev–Trinajstić information content (AvgIpc) is 2.54. The predicted molar refractivity (Wildman–Crippen MR) is 78.3 cm³/mol. The topological polar surface area (TPSA) is 66.1 Å². The number of aromatic nitrogens is 1. The van der Waals surface area contributed by atoms with Crippen LogP contribution in [-0.4, -0.2) is 16.7 Å². The van der Waals surface area contributed by atoms with E-state index in [4.69, 9.17) is 15.1 Å². The summed E-state index contributed by atoms with van der Waals surface area (Å²) in [5, 5.41) is 17.4. The molecule has 0 bridgehead atoms. The molecule has 0 unspecified atom stereocenters. The summed E-state index contributed by atoms with van der Waals surface area (Å²) < 4.78 is 5.65. The van der Waals surface area contributed by atoms with Crippen LogP contribution in [-0.2, 0) is 6.61 Å². The molecule has 1 heterocycles. The molecular weight excluding hydrogens is 264 g/mol. The number of benzene rings is 1. The number of hydrogen-bond acceptors (Lipinski definition) is 4. The summed E-state index contributed by atoms with van der Waals surface area (Å²) >= 11 is 0. The van der Waals surface area contributed by atoms with Crippen molar-refractivity contribution in [1.82, 2.24) is 4.98 Å². The lowest BCUT2D eigenvalue weighted by Gasteiger charge is -2.06. The SMILES string of the molecule is N#Cc1ccc(COc2cncc(C#CCCO)c2)cc1. The quantitative estimate of drug-likeness (QED) is 0.871. The molecule has 1 aromatic carbocycles. The van der Waals surface area contributed by atoms with Gasteiger partial charge in [-0.15, -0.1) is 0 Å². The Balaban J connectivity index is 1.98. The van der Waals surface area contributed by atoms with Gasteiger partial charge in [-0.3, -0.25) is 4.98 Å². The molecule has 0 fully saturated rings. The molecule has 0 atom stereocenters. The van der Waals surface area contributed by atoms with E-state index in [1.807, 2.05) is 12.1 Å². The second kappa shape index (κ2) is 7.69. The standard InChI is InChI=1S/C17H14N2O2/c18-10-14-4-6-15(7-5-14)13-21-17-9-16(11-19-12-17)3-1-2-8-20/h4-7,9,11-12,20H,2,8,13H2. The third-order valence-corrected chi connectivity index (χ3v) is 2.67. The number of rotatable bonds is 4. The van der Waals surface area contributed by atoms with E-state index in [-0.39, 0.29) is 6.61 Å². The van der Waals surface area contributed by atoms with E-state index in [2.05, 4.69) is 22.9 Å². The van der Waals surface area contributed by atoms with Crippen molar-refractivity contribution in [3.05, 3.63) is 59.4 Å². The third-order valence-electron chi connectivity index (χ3n) is 2.67. The zero-order valence-corrected chi connectivity index (χ0v) is 11.4. The summed E-state index contributed by atoms with van der Waals surface area (Å²) in [5.41, 5.74) is 2.35. The summed E-state index contributed by atoms with van der Waals surface area (Å²) in [6.45, 7) is 0.455. The van der Waals surface area contributed by atoms with E-state index in [0.717, 1.165) is 11.1 Å². The van der Waals surface area contributed by atoms with E-state index < -0.39 is 0 Å². The number of hydrogen-bond donors (Lipinski definition) is 1. The lowest BCUT2D eigenvalue weighted by Crippen LogP contribution is -1.96. The first-order chi connectivity index (χ1) is 10.3. The molecule has 0 aliphatic carbocycles. The summed E-state index contributed by atoms with van der Waals surface area (Å²) in [7, 11) is 0. The van der Waals surface area contributed by atoms with Crippen molar-refractivity contribution in [2.75, 3.05) is 6.61 Å². The molecular formula is C17H14N2O2. The van der Waals surface area contributed by atoms with Crippen LogP contribution in [0.4, 0.5) is 0 Å². The van der Waals surface area contributed by atoms with Crippen LogP contribution in [0.25, 0.3) is 0 Å². The highest BCUT2D eigenvalue weighted by molar-refractivity contribution is 5.37. The molecule has 0 amide bonds. The van der Waals surface area contributed by atoms with Gasteiger partial charge in [-0.1, -0.05) is 24.0 Å². The number of aliphatic hydroxyl groups is 1. The van der Waals surface area contributed by atoms with Gasteiger partial charge in [-0.2, -0.15) is 5.26 Å². The van der Waals surface area contributed by atoms with Crippen molar-refractivity contribution < 1.29 is 9.84 Å². The van der Waals surface area contributed by atoms with Gasteiger partial charge in [-0.05, 0) is 23.8 Å². The maximum absolute atomic E-state index is 8.74. The minimum atomic E-state index is 0.0509. The van der Waals surface area contributed by atoms with Gasteiger partial charge >= 0.3 is 0 Å². The van der Waals surface area contributed by atoms with Crippen LogP contribution < -0.4 is 4.74 Å². The van der Waals surface area contributed by atoms with Crippen LogP contribution in [0.15, 0.2) is 42.7 Å². The number of nitrogens with zero attached hydrogens (tertiary/aromatic N) is 2. The van der Waals surface area contributed by atoms with E-state index in [1.165, 1.54) is 0 Å². The molecule has 21 heavy (non-hydrogen) atoms. The molecule has 2 rings (SSSR count). The first kappa shape index (κ1) is 14.6. The molecule has 0 radical (unpaired) electrons. The van der Waals surface area contributed by atoms with E-state index in [9.17, 15) is 0 Å². The van der Waals surface area contributed by atoms with Crippen LogP contribution in [0.2, 0.25) is 0 Å². The van der Waals surface area contributed by atoms with Crippen LogP contribution in [0.1, 0.15) is 23.1 Å². The van der Waals surface area contributed by atoms with Gasteiger partial charge in [0.1, 0.15) is 12.4 Å². The van der Waals surface area contributed by atoms with Crippen molar-refractivity contribution in [3.8, 4) is 23.7 Å². The van der Waals surface area contributed by atoms with Crippen LogP contribution in [0.3, 0.4) is 0 Å². The molecule has 0 saturated heterocycles. The highest BCUT2D eigenvalue weighted by Gasteiger charge is 1.98. The zero-order valence-electron chi connectivity index (χ0n) is 11.4. The lowest BCUT2D eigenvalue weighted by molar-refractivity contribution is 0.305. The van der Waals surface area contributed by atoms with Gasteiger partial charge in [0.15, 0.2) is 0 Å². The Morgan fingerprint density at radius 1 is 1.14 bits per heavy atom. The molecule has 1 aromatic heterocycles. The van der Waals surface area contributed by atoms with Gasteiger partial charge in [0, 0.05) is 18.2 Å². The second-order valence-corrected chi connectivity index (χ2v) is 4.28. The molecule has 4 heteroatoms. The first-order valence-corrected chi connectivity index (χ1v) is 6.48. The van der Waals surface area contributed by atoms with Crippen molar-refractivity contribution >= 4 is 0 Å². The summed E-state index contributed by atoms with van der Waals surface area (Å²) in [4.78, 5) is 4.07. The van der Waals surface area contributed by atoms with Crippen LogP contribution >= 0.6 is 0 Å². The fourth-order valence-corrected chi connectivity index (χ4v) is 1.63. The second-order valence-electron chi connectivity index (χ2n) is 4.28. The normalized spacial score (nSPS) is 9.33. The number of pyridine rings is 1. The first-order valence-electron chi connectivity index (χ1n) is 6.48. The van der Waals surface area contributed by atoms with Gasteiger partial charge < -0.3 is 9.84 Å². The molecule has 2 aromatic rings. The Labute approximate surface area is 123 Å². The zero-order chi connectivity index (χ0) is 14.9. The van der Waals surface area contributed by atoms with Gasteiger partial charge in [-0.25, -0.2) is 0 Å². The van der Waals surface area contributed by atoms with Gasteiger partial charge in [0.05, 0.1) is 24.4 Å². The van der Waals surface area contributed by atoms with E-state index >= 15 is 0 Å². The van der Waals surface area contributed by atoms with Crippen molar-refractivity contribution in [1.29, 1.82) is 5.26 Å². The van der Waals surface area contributed by atoms with Crippen LogP contribution in [0, 0.1) is 23.2 Å². The molecule has 1 N–H and O–H groups in total. The largest absolute Gasteiger partial charge is 0.487 e. The Morgan fingerprint density at radius 2 is 1.95 bits per heavy atom. The minimum absolute atomic E-state index is 0.0509. The minimum Gasteiger partial charge on any atom is -0.487 e. The molecule has 4 nitrogen and oxygen atoms in total. The molecule has 0 saturated carbocycles. The maximum atomic E-state index is 8.74. The Bertz CT molecular complexity index is 691. The van der Waals surface area contributed by atoms with Gasteiger partial charge in [0.2, 0.25) is 0 Å². The smallest absolute Gasteiger partial charge is 0.139 e. The molecule has 0 aliphatic heterocycles. The Hall–Kier alpha value is -2.82. The van der Waals surface area contributed by atoms with Crippen molar-refractivity contribution in [2.45, 2.75) is 13.0 Å². The van der Waals surface area contributed by atoms with Crippen molar-refractivity contribution in [3.63, 3.8) is 0 Å². The Kier molecular flexibility index (Phi) is 5.34. The molecule has 104 valence electrons. The van der Waals surface area contributed by atoms with E-state index in [0.29, 0.717) is 24.3 Å². The number of aliphatic hydroxyl groups excluding tert-OH is 1. The Morgan fingerprint density at radius 3 is 2.67 bits per heavy atom. The summed E-state index contributed by atoms with van der Waals surface area (Å²) in [6, 6.07) is 11.1. The fourth-order valence-electron chi connectivity index (χ4n) is 1.63.